The van der Waals surface area contributed by atoms with Gasteiger partial charge in [0, 0.05) is 12.5 Å². The SMILES string of the molecule is CC(NC1CCC(=O)NC1=O)c1ccc2[nH]c(=O)[nH]c2c1. The van der Waals surface area contributed by atoms with E-state index in [0.717, 1.165) is 16.6 Å². The largest absolute Gasteiger partial charge is 0.323 e. The van der Waals surface area contributed by atoms with E-state index in [-0.39, 0.29) is 29.6 Å². The molecule has 2 aromatic rings. The molecule has 1 aliphatic heterocycles. The van der Waals surface area contributed by atoms with Crippen LogP contribution in [-0.4, -0.2) is 27.8 Å². The molecule has 110 valence electrons. The van der Waals surface area contributed by atoms with Crippen molar-refractivity contribution in [1.29, 1.82) is 0 Å². The van der Waals surface area contributed by atoms with E-state index in [0.29, 0.717) is 12.8 Å². The summed E-state index contributed by atoms with van der Waals surface area (Å²) >= 11 is 0. The Kier molecular flexibility index (Phi) is 3.34. The molecule has 2 heterocycles. The summed E-state index contributed by atoms with van der Waals surface area (Å²) in [5.41, 5.74) is 2.20. The van der Waals surface area contributed by atoms with Gasteiger partial charge in [-0.15, -0.1) is 0 Å². The van der Waals surface area contributed by atoms with Crippen LogP contribution in [0.15, 0.2) is 23.0 Å². The van der Waals surface area contributed by atoms with Crippen molar-refractivity contribution >= 4 is 22.8 Å². The molecule has 4 N–H and O–H groups in total. The van der Waals surface area contributed by atoms with E-state index in [1.54, 1.807) is 0 Å². The highest BCUT2D eigenvalue weighted by atomic mass is 16.2. The summed E-state index contributed by atoms with van der Waals surface area (Å²) in [6.45, 7) is 1.94. The maximum atomic E-state index is 11.7. The van der Waals surface area contributed by atoms with E-state index in [2.05, 4.69) is 20.6 Å². The summed E-state index contributed by atoms with van der Waals surface area (Å²) in [6, 6.07) is 5.15. The summed E-state index contributed by atoms with van der Waals surface area (Å²) in [5.74, 6) is -0.508. The Morgan fingerprint density at radius 2 is 1.95 bits per heavy atom. The van der Waals surface area contributed by atoms with Gasteiger partial charge in [0.2, 0.25) is 11.8 Å². The van der Waals surface area contributed by atoms with Crippen LogP contribution in [0.25, 0.3) is 11.0 Å². The molecule has 7 heteroatoms. The Morgan fingerprint density at radius 1 is 1.19 bits per heavy atom. The van der Waals surface area contributed by atoms with Crippen LogP contribution in [0.3, 0.4) is 0 Å². The van der Waals surface area contributed by atoms with Crippen LogP contribution in [0.5, 0.6) is 0 Å². The lowest BCUT2D eigenvalue weighted by Crippen LogP contribution is -2.51. The molecule has 0 spiro atoms. The number of H-pyrrole nitrogens is 2. The number of imide groups is 1. The first-order valence-electron chi connectivity index (χ1n) is 6.84. The van der Waals surface area contributed by atoms with Crippen molar-refractivity contribution in [3.63, 3.8) is 0 Å². The molecule has 0 saturated carbocycles. The van der Waals surface area contributed by atoms with Crippen molar-refractivity contribution in [3.05, 3.63) is 34.2 Å². The smallest absolute Gasteiger partial charge is 0.306 e. The van der Waals surface area contributed by atoms with Gasteiger partial charge in [0.1, 0.15) is 0 Å². The molecule has 21 heavy (non-hydrogen) atoms. The first kappa shape index (κ1) is 13.6. The number of carbonyl (C=O) groups is 2. The number of imidazole rings is 1. The Balaban J connectivity index is 1.77. The van der Waals surface area contributed by atoms with Crippen LogP contribution in [-0.2, 0) is 9.59 Å². The zero-order valence-corrected chi connectivity index (χ0v) is 11.5. The quantitative estimate of drug-likeness (QED) is 0.610. The molecule has 1 saturated heterocycles. The molecule has 2 unspecified atom stereocenters. The van der Waals surface area contributed by atoms with Crippen LogP contribution in [0, 0.1) is 0 Å². The number of aromatic amines is 2. The maximum Gasteiger partial charge on any atom is 0.323 e. The summed E-state index contributed by atoms with van der Waals surface area (Å²) in [7, 11) is 0. The van der Waals surface area contributed by atoms with Gasteiger partial charge in [-0.3, -0.25) is 20.2 Å². The van der Waals surface area contributed by atoms with E-state index in [9.17, 15) is 14.4 Å². The highest BCUT2D eigenvalue weighted by Gasteiger charge is 2.27. The fraction of sp³-hybridized carbons (Fsp3) is 0.357. The predicted molar refractivity (Wildman–Crippen MR) is 76.6 cm³/mol. The Hall–Kier alpha value is -2.41. The average molecular weight is 288 g/mol. The fourth-order valence-corrected chi connectivity index (χ4v) is 2.57. The van der Waals surface area contributed by atoms with Gasteiger partial charge in [0.05, 0.1) is 17.1 Å². The monoisotopic (exact) mass is 288 g/mol. The number of aromatic nitrogens is 2. The minimum atomic E-state index is -0.376. The second-order valence-corrected chi connectivity index (χ2v) is 5.28. The molecule has 0 aliphatic carbocycles. The number of nitrogens with one attached hydrogen (secondary N) is 4. The van der Waals surface area contributed by atoms with Crippen molar-refractivity contribution < 1.29 is 9.59 Å². The van der Waals surface area contributed by atoms with Crippen LogP contribution >= 0.6 is 0 Å². The molecule has 1 fully saturated rings. The molecule has 1 aromatic heterocycles. The fourth-order valence-electron chi connectivity index (χ4n) is 2.57. The minimum absolute atomic E-state index is 0.0724. The summed E-state index contributed by atoms with van der Waals surface area (Å²) in [5, 5.41) is 5.54. The third-order valence-corrected chi connectivity index (χ3v) is 3.73. The lowest BCUT2D eigenvalue weighted by Gasteiger charge is -2.25. The normalized spacial score (nSPS) is 20.5. The molecule has 3 rings (SSSR count). The highest BCUT2D eigenvalue weighted by Crippen LogP contribution is 2.19. The summed E-state index contributed by atoms with van der Waals surface area (Å²) in [6.07, 6.45) is 0.846. The predicted octanol–water partition coefficient (Wildman–Crippen LogP) is 0.312. The van der Waals surface area contributed by atoms with Gasteiger partial charge in [-0.2, -0.15) is 0 Å². The zero-order chi connectivity index (χ0) is 15.0. The minimum Gasteiger partial charge on any atom is -0.306 e. The van der Waals surface area contributed by atoms with Gasteiger partial charge in [-0.25, -0.2) is 4.79 Å². The number of piperidine rings is 1. The molecule has 1 aliphatic rings. The van der Waals surface area contributed by atoms with Crippen LogP contribution in [0.1, 0.15) is 31.4 Å². The molecule has 1 aromatic carbocycles. The van der Waals surface area contributed by atoms with E-state index in [4.69, 9.17) is 0 Å². The van der Waals surface area contributed by atoms with Gasteiger partial charge in [0.15, 0.2) is 0 Å². The first-order valence-corrected chi connectivity index (χ1v) is 6.84. The maximum absolute atomic E-state index is 11.7. The van der Waals surface area contributed by atoms with Crippen LogP contribution in [0.4, 0.5) is 0 Å². The second-order valence-electron chi connectivity index (χ2n) is 5.28. The topological polar surface area (TPSA) is 107 Å². The summed E-state index contributed by atoms with van der Waals surface area (Å²) in [4.78, 5) is 39.5. The van der Waals surface area contributed by atoms with Crippen molar-refractivity contribution in [1.82, 2.24) is 20.6 Å². The van der Waals surface area contributed by atoms with Gasteiger partial charge >= 0.3 is 5.69 Å². The molecule has 7 nitrogen and oxygen atoms in total. The Bertz CT molecular complexity index is 761. The van der Waals surface area contributed by atoms with Crippen molar-refractivity contribution in [2.75, 3.05) is 0 Å². The highest BCUT2D eigenvalue weighted by molar-refractivity contribution is 6.00. The second kappa shape index (κ2) is 5.17. The number of hydrogen-bond donors (Lipinski definition) is 4. The third-order valence-electron chi connectivity index (χ3n) is 3.73. The summed E-state index contributed by atoms with van der Waals surface area (Å²) < 4.78 is 0. The number of amides is 2. The van der Waals surface area contributed by atoms with Crippen molar-refractivity contribution in [2.24, 2.45) is 0 Å². The molecule has 2 atom stereocenters. The lowest BCUT2D eigenvalue weighted by atomic mass is 10.0. The molecular formula is C14H16N4O3. The van der Waals surface area contributed by atoms with Crippen molar-refractivity contribution in [2.45, 2.75) is 31.8 Å². The number of benzene rings is 1. The number of hydrogen-bond acceptors (Lipinski definition) is 4. The number of carbonyl (C=O) groups excluding carboxylic acids is 2. The first-order chi connectivity index (χ1) is 10.0. The van der Waals surface area contributed by atoms with E-state index in [1.165, 1.54) is 0 Å². The van der Waals surface area contributed by atoms with E-state index < -0.39 is 0 Å². The molecule has 0 bridgehead atoms. The number of fused-ring (bicyclic) bond motifs is 1. The number of rotatable bonds is 3. The zero-order valence-electron chi connectivity index (χ0n) is 11.5. The Labute approximate surface area is 120 Å². The molecule has 0 radical (unpaired) electrons. The lowest BCUT2D eigenvalue weighted by molar-refractivity contribution is -0.134. The van der Waals surface area contributed by atoms with Gasteiger partial charge < -0.3 is 9.97 Å². The standard InChI is InChI=1S/C14H16N4O3/c1-7(15-10-4-5-12(19)18-13(10)20)8-2-3-9-11(6-8)17-14(21)16-9/h2-3,6-7,10,15H,4-5H2,1H3,(H2,16,17,21)(H,18,19,20). The molecule has 2 amide bonds. The Morgan fingerprint density at radius 3 is 2.71 bits per heavy atom. The van der Waals surface area contributed by atoms with E-state index in [1.807, 2.05) is 25.1 Å². The van der Waals surface area contributed by atoms with Gasteiger partial charge in [-0.05, 0) is 31.0 Å². The van der Waals surface area contributed by atoms with Crippen molar-refractivity contribution in [3.8, 4) is 0 Å². The van der Waals surface area contributed by atoms with Crippen LogP contribution < -0.4 is 16.3 Å². The van der Waals surface area contributed by atoms with E-state index >= 15 is 0 Å². The third kappa shape index (κ3) is 2.73. The average Bonchev–Trinajstić information content (AvgIpc) is 2.80. The van der Waals surface area contributed by atoms with Gasteiger partial charge in [-0.1, -0.05) is 6.07 Å². The van der Waals surface area contributed by atoms with Crippen LogP contribution in [0.2, 0.25) is 0 Å². The van der Waals surface area contributed by atoms with Gasteiger partial charge in [0.25, 0.3) is 0 Å². The molecular weight excluding hydrogens is 272 g/mol.